The van der Waals surface area contributed by atoms with Crippen molar-refractivity contribution in [2.45, 2.75) is 46.0 Å². The van der Waals surface area contributed by atoms with Crippen LogP contribution in [0.4, 0.5) is 4.39 Å². The molecule has 2 saturated carbocycles. The van der Waals surface area contributed by atoms with E-state index in [0.717, 1.165) is 36.9 Å². The third kappa shape index (κ3) is 2.50. The van der Waals surface area contributed by atoms with Crippen molar-refractivity contribution in [2.75, 3.05) is 13.1 Å². The van der Waals surface area contributed by atoms with Gasteiger partial charge in [0.2, 0.25) is 0 Å². The third-order valence-electron chi connectivity index (χ3n) is 5.68. The lowest BCUT2D eigenvalue weighted by molar-refractivity contribution is 0.157. The topological polar surface area (TPSA) is 12.0 Å². The minimum Gasteiger partial charge on any atom is -0.316 e. The number of hydrogen-bond acceptors (Lipinski definition) is 1. The molecule has 2 heteroatoms. The SMILES string of the molecule is CCNCC1(Cc2ccc(F)cc2C)CC2CCC1C2. The first-order valence-corrected chi connectivity index (χ1v) is 8.09. The molecule has 1 aromatic rings. The largest absolute Gasteiger partial charge is 0.316 e. The predicted octanol–water partition coefficient (Wildman–Crippen LogP) is 4.09. The summed E-state index contributed by atoms with van der Waals surface area (Å²) in [6.45, 7) is 6.40. The number of aryl methyl sites for hydroxylation is 1. The molecule has 1 nitrogen and oxygen atoms in total. The Labute approximate surface area is 122 Å². The Balaban J connectivity index is 1.83. The molecule has 3 rings (SSSR count). The molecular weight excluding hydrogens is 249 g/mol. The second-order valence-corrected chi connectivity index (χ2v) is 6.97. The molecule has 0 amide bonds. The van der Waals surface area contributed by atoms with Gasteiger partial charge in [0.25, 0.3) is 0 Å². The summed E-state index contributed by atoms with van der Waals surface area (Å²) in [4.78, 5) is 0. The van der Waals surface area contributed by atoms with Crippen LogP contribution in [0.15, 0.2) is 18.2 Å². The average Bonchev–Trinajstić information content (AvgIpc) is 3.01. The highest BCUT2D eigenvalue weighted by molar-refractivity contribution is 5.28. The predicted molar refractivity (Wildman–Crippen MR) is 81.3 cm³/mol. The zero-order chi connectivity index (χ0) is 14.2. The van der Waals surface area contributed by atoms with E-state index in [1.165, 1.54) is 31.2 Å². The summed E-state index contributed by atoms with van der Waals surface area (Å²) in [5.41, 5.74) is 2.88. The maximum absolute atomic E-state index is 13.3. The Kier molecular flexibility index (Phi) is 3.85. The molecule has 3 unspecified atom stereocenters. The first-order valence-electron chi connectivity index (χ1n) is 8.09. The van der Waals surface area contributed by atoms with E-state index in [4.69, 9.17) is 0 Å². The number of nitrogens with one attached hydrogen (secondary N) is 1. The summed E-state index contributed by atoms with van der Waals surface area (Å²) in [5.74, 6) is 1.70. The lowest BCUT2D eigenvalue weighted by Gasteiger charge is -2.39. The van der Waals surface area contributed by atoms with Gasteiger partial charge in [-0.2, -0.15) is 0 Å². The van der Waals surface area contributed by atoms with Crippen LogP contribution >= 0.6 is 0 Å². The summed E-state index contributed by atoms with van der Waals surface area (Å²) in [6.07, 6.45) is 6.73. The molecule has 2 fully saturated rings. The molecule has 1 N–H and O–H groups in total. The molecule has 110 valence electrons. The van der Waals surface area contributed by atoms with Crippen LogP contribution in [-0.4, -0.2) is 13.1 Å². The zero-order valence-electron chi connectivity index (χ0n) is 12.7. The van der Waals surface area contributed by atoms with Crippen molar-refractivity contribution in [1.29, 1.82) is 0 Å². The Morgan fingerprint density at radius 2 is 2.20 bits per heavy atom. The number of benzene rings is 1. The minimum absolute atomic E-state index is 0.111. The van der Waals surface area contributed by atoms with E-state index in [0.29, 0.717) is 5.41 Å². The van der Waals surface area contributed by atoms with Crippen LogP contribution in [-0.2, 0) is 6.42 Å². The second kappa shape index (κ2) is 5.48. The molecule has 0 spiro atoms. The molecule has 0 heterocycles. The van der Waals surface area contributed by atoms with Crippen molar-refractivity contribution in [3.8, 4) is 0 Å². The van der Waals surface area contributed by atoms with E-state index < -0.39 is 0 Å². The van der Waals surface area contributed by atoms with Gasteiger partial charge in [-0.05, 0) is 79.7 Å². The van der Waals surface area contributed by atoms with Crippen molar-refractivity contribution in [1.82, 2.24) is 5.32 Å². The summed E-state index contributed by atoms with van der Waals surface area (Å²) < 4.78 is 13.3. The lowest BCUT2D eigenvalue weighted by atomic mass is 9.69. The Bertz CT molecular complexity index is 484. The van der Waals surface area contributed by atoms with Crippen LogP contribution in [0.25, 0.3) is 0 Å². The van der Waals surface area contributed by atoms with Gasteiger partial charge < -0.3 is 5.32 Å². The fourth-order valence-electron chi connectivity index (χ4n) is 4.66. The maximum atomic E-state index is 13.3. The fourth-order valence-corrected chi connectivity index (χ4v) is 4.66. The van der Waals surface area contributed by atoms with Crippen molar-refractivity contribution < 1.29 is 4.39 Å². The molecule has 3 atom stereocenters. The van der Waals surface area contributed by atoms with Gasteiger partial charge in [0.15, 0.2) is 0 Å². The third-order valence-corrected chi connectivity index (χ3v) is 5.68. The summed E-state index contributed by atoms with van der Waals surface area (Å²) in [7, 11) is 0. The monoisotopic (exact) mass is 275 g/mol. The molecule has 0 radical (unpaired) electrons. The van der Waals surface area contributed by atoms with Gasteiger partial charge in [0.1, 0.15) is 5.82 Å². The maximum Gasteiger partial charge on any atom is 0.123 e. The van der Waals surface area contributed by atoms with E-state index >= 15 is 0 Å². The van der Waals surface area contributed by atoms with Crippen LogP contribution in [0.5, 0.6) is 0 Å². The molecule has 20 heavy (non-hydrogen) atoms. The Morgan fingerprint density at radius 3 is 2.80 bits per heavy atom. The van der Waals surface area contributed by atoms with Crippen molar-refractivity contribution >= 4 is 0 Å². The number of rotatable bonds is 5. The molecule has 0 aliphatic heterocycles. The van der Waals surface area contributed by atoms with E-state index in [1.54, 1.807) is 12.1 Å². The summed E-state index contributed by atoms with van der Waals surface area (Å²) in [6, 6.07) is 5.31. The van der Waals surface area contributed by atoms with Crippen LogP contribution in [0, 0.1) is 30.0 Å². The molecule has 2 bridgehead atoms. The van der Waals surface area contributed by atoms with Crippen LogP contribution < -0.4 is 5.32 Å². The molecule has 1 aromatic carbocycles. The standard InChI is InChI=1S/C18H26FN/c1-3-20-12-18(10-14-4-6-16(18)9-14)11-15-5-7-17(19)8-13(15)2/h5,7-8,14,16,20H,3-4,6,9-12H2,1-2H3. The quantitative estimate of drug-likeness (QED) is 0.853. The highest BCUT2D eigenvalue weighted by Gasteiger charge is 2.50. The van der Waals surface area contributed by atoms with Gasteiger partial charge in [-0.15, -0.1) is 0 Å². The van der Waals surface area contributed by atoms with E-state index in [9.17, 15) is 4.39 Å². The average molecular weight is 275 g/mol. The zero-order valence-corrected chi connectivity index (χ0v) is 12.7. The Morgan fingerprint density at radius 1 is 1.35 bits per heavy atom. The normalized spacial score (nSPS) is 31.9. The summed E-state index contributed by atoms with van der Waals surface area (Å²) >= 11 is 0. The minimum atomic E-state index is -0.111. The van der Waals surface area contributed by atoms with Gasteiger partial charge in [-0.25, -0.2) is 4.39 Å². The Hall–Kier alpha value is -0.890. The fraction of sp³-hybridized carbons (Fsp3) is 0.667. The van der Waals surface area contributed by atoms with E-state index in [1.807, 2.05) is 13.0 Å². The molecule has 2 aliphatic rings. The van der Waals surface area contributed by atoms with Crippen LogP contribution in [0.1, 0.15) is 43.7 Å². The van der Waals surface area contributed by atoms with Crippen molar-refractivity contribution in [2.24, 2.45) is 17.3 Å². The van der Waals surface area contributed by atoms with E-state index in [2.05, 4.69) is 12.2 Å². The highest BCUT2D eigenvalue weighted by atomic mass is 19.1. The number of fused-ring (bicyclic) bond motifs is 2. The number of halogens is 1. The summed E-state index contributed by atoms with van der Waals surface area (Å²) in [5, 5.41) is 3.59. The van der Waals surface area contributed by atoms with Crippen LogP contribution in [0.2, 0.25) is 0 Å². The number of hydrogen-bond donors (Lipinski definition) is 1. The van der Waals surface area contributed by atoms with Gasteiger partial charge in [-0.1, -0.05) is 19.4 Å². The second-order valence-electron chi connectivity index (χ2n) is 6.97. The highest BCUT2D eigenvalue weighted by Crippen LogP contribution is 2.57. The smallest absolute Gasteiger partial charge is 0.123 e. The van der Waals surface area contributed by atoms with Crippen LogP contribution in [0.3, 0.4) is 0 Å². The van der Waals surface area contributed by atoms with E-state index in [-0.39, 0.29) is 5.82 Å². The molecule has 2 aliphatic carbocycles. The molecule has 0 saturated heterocycles. The van der Waals surface area contributed by atoms with Gasteiger partial charge in [0, 0.05) is 6.54 Å². The van der Waals surface area contributed by atoms with Gasteiger partial charge in [0.05, 0.1) is 0 Å². The molecule has 0 aromatic heterocycles. The first-order chi connectivity index (χ1) is 9.63. The lowest BCUT2D eigenvalue weighted by Crippen LogP contribution is -2.40. The first kappa shape index (κ1) is 14.1. The van der Waals surface area contributed by atoms with Gasteiger partial charge >= 0.3 is 0 Å². The van der Waals surface area contributed by atoms with Crippen molar-refractivity contribution in [3.63, 3.8) is 0 Å². The van der Waals surface area contributed by atoms with Gasteiger partial charge in [-0.3, -0.25) is 0 Å². The molecular formula is C18H26FN. The van der Waals surface area contributed by atoms with Crippen molar-refractivity contribution in [3.05, 3.63) is 35.1 Å².